The van der Waals surface area contributed by atoms with E-state index in [2.05, 4.69) is 10.1 Å². The molecule has 21 heavy (non-hydrogen) atoms. The smallest absolute Gasteiger partial charge is 0.387 e. The lowest BCUT2D eigenvalue weighted by Crippen LogP contribution is -2.48. The maximum absolute atomic E-state index is 12.1. The van der Waals surface area contributed by atoms with Gasteiger partial charge < -0.3 is 14.7 Å². The summed E-state index contributed by atoms with van der Waals surface area (Å²) in [6.07, 6.45) is 0. The lowest BCUT2D eigenvalue weighted by Gasteiger charge is -2.28. The third-order valence-electron chi connectivity index (χ3n) is 3.12. The van der Waals surface area contributed by atoms with E-state index < -0.39 is 18.1 Å². The number of ether oxygens (including phenoxy) is 1. The van der Waals surface area contributed by atoms with Gasteiger partial charge in [0, 0.05) is 13.1 Å². The molecule has 0 bridgehead atoms. The summed E-state index contributed by atoms with van der Waals surface area (Å²) in [6, 6.07) is 5.59. The van der Waals surface area contributed by atoms with Crippen LogP contribution in [-0.4, -0.2) is 49.8 Å². The van der Waals surface area contributed by atoms with Gasteiger partial charge in [0.15, 0.2) is 0 Å². The fourth-order valence-corrected chi connectivity index (χ4v) is 1.80. The van der Waals surface area contributed by atoms with Gasteiger partial charge in [0.25, 0.3) is 0 Å². The van der Waals surface area contributed by atoms with Crippen LogP contribution in [0, 0.1) is 0 Å². The number of rotatable bonds is 8. The van der Waals surface area contributed by atoms with E-state index in [1.165, 1.54) is 31.2 Å². The highest BCUT2D eigenvalue weighted by Crippen LogP contribution is 2.24. The Bertz CT molecular complexity index is 466. The minimum absolute atomic E-state index is 0.00483. The van der Waals surface area contributed by atoms with Crippen molar-refractivity contribution in [1.29, 1.82) is 0 Å². The molecule has 0 saturated carbocycles. The Balaban J connectivity index is 2.86. The third-order valence-corrected chi connectivity index (χ3v) is 3.12. The number of carbonyl (C=O) groups is 1. The molecule has 0 aliphatic rings. The molecule has 0 aliphatic heterocycles. The molecule has 1 atom stereocenters. The Morgan fingerprint density at radius 1 is 1.38 bits per heavy atom. The number of hydrogen-bond donors (Lipinski definition) is 2. The monoisotopic (exact) mass is 302 g/mol. The first kappa shape index (κ1) is 17.3. The second-order valence-electron chi connectivity index (χ2n) is 5.06. The van der Waals surface area contributed by atoms with Crippen LogP contribution >= 0.6 is 0 Å². The zero-order chi connectivity index (χ0) is 16.0. The fourth-order valence-electron chi connectivity index (χ4n) is 1.80. The lowest BCUT2D eigenvalue weighted by atomic mass is 9.92. The highest BCUT2D eigenvalue weighted by atomic mass is 19.3. The van der Waals surface area contributed by atoms with Gasteiger partial charge >= 0.3 is 12.6 Å². The van der Waals surface area contributed by atoms with Crippen LogP contribution in [-0.2, 0) is 10.3 Å². The predicted octanol–water partition coefficient (Wildman–Crippen LogP) is 1.74. The van der Waals surface area contributed by atoms with Crippen molar-refractivity contribution in [1.82, 2.24) is 10.2 Å². The van der Waals surface area contributed by atoms with Gasteiger partial charge in [-0.25, -0.2) is 4.79 Å². The second kappa shape index (κ2) is 7.33. The number of halogens is 2. The van der Waals surface area contributed by atoms with Crippen LogP contribution in [0.1, 0.15) is 12.5 Å². The van der Waals surface area contributed by atoms with Gasteiger partial charge in [-0.2, -0.15) is 8.78 Å². The number of carboxylic acid groups (broad SMARTS) is 1. The highest BCUT2D eigenvalue weighted by molar-refractivity contribution is 5.80. The van der Waals surface area contributed by atoms with Crippen molar-refractivity contribution < 1.29 is 23.4 Å². The molecule has 0 heterocycles. The summed E-state index contributed by atoms with van der Waals surface area (Å²) >= 11 is 0. The van der Waals surface area contributed by atoms with Gasteiger partial charge in [0.2, 0.25) is 0 Å². The van der Waals surface area contributed by atoms with Crippen molar-refractivity contribution in [3.63, 3.8) is 0 Å². The van der Waals surface area contributed by atoms with Crippen LogP contribution in [0.5, 0.6) is 5.75 Å². The normalized spacial score (nSPS) is 14.2. The molecule has 2 N–H and O–H groups in total. The van der Waals surface area contributed by atoms with Crippen LogP contribution in [0.25, 0.3) is 0 Å². The van der Waals surface area contributed by atoms with Gasteiger partial charge in [0.1, 0.15) is 11.3 Å². The molecule has 0 spiro atoms. The lowest BCUT2D eigenvalue weighted by molar-refractivity contribution is -0.144. The predicted molar refractivity (Wildman–Crippen MR) is 74.6 cm³/mol. The minimum Gasteiger partial charge on any atom is -0.480 e. The zero-order valence-electron chi connectivity index (χ0n) is 12.3. The van der Waals surface area contributed by atoms with Crippen molar-refractivity contribution in [3.8, 4) is 5.75 Å². The Hall–Kier alpha value is -1.73. The van der Waals surface area contributed by atoms with Crippen LogP contribution in [0.15, 0.2) is 24.3 Å². The molecule has 1 rings (SSSR count). The van der Waals surface area contributed by atoms with E-state index in [1.54, 1.807) is 0 Å². The van der Waals surface area contributed by atoms with E-state index in [1.807, 2.05) is 19.0 Å². The average Bonchev–Trinajstić information content (AvgIpc) is 2.37. The van der Waals surface area contributed by atoms with Crippen molar-refractivity contribution in [3.05, 3.63) is 29.8 Å². The summed E-state index contributed by atoms with van der Waals surface area (Å²) in [5.41, 5.74) is -0.824. The molecule has 0 aromatic heterocycles. The van der Waals surface area contributed by atoms with E-state index in [-0.39, 0.29) is 5.75 Å². The summed E-state index contributed by atoms with van der Waals surface area (Å²) in [6.45, 7) is -0.214. The topological polar surface area (TPSA) is 61.8 Å². The SMILES string of the molecule is CN(C)CCNC(C)(C(=O)O)c1ccc(OC(F)F)cc1. The molecule has 1 aromatic rings. The number of nitrogens with one attached hydrogen (secondary N) is 1. The molecule has 0 saturated heterocycles. The molecule has 0 fully saturated rings. The first-order valence-corrected chi connectivity index (χ1v) is 6.44. The Labute approximate surface area is 122 Å². The summed E-state index contributed by atoms with van der Waals surface area (Å²) in [7, 11) is 3.77. The zero-order valence-corrected chi connectivity index (χ0v) is 12.3. The fraction of sp³-hybridized carbons (Fsp3) is 0.500. The molecule has 1 unspecified atom stereocenters. The standard InChI is InChI=1S/C14H20F2N2O3/c1-14(12(19)20,17-8-9-18(2)3)10-4-6-11(7-5-10)21-13(15)16/h4-7,13,17H,8-9H2,1-3H3,(H,19,20). The molecule has 7 heteroatoms. The number of carboxylic acids is 1. The molecule has 1 aromatic carbocycles. The maximum atomic E-state index is 12.1. The van der Waals surface area contributed by atoms with E-state index >= 15 is 0 Å². The molecular weight excluding hydrogens is 282 g/mol. The van der Waals surface area contributed by atoms with E-state index in [9.17, 15) is 18.7 Å². The Kier molecular flexibility index (Phi) is 6.04. The van der Waals surface area contributed by atoms with Gasteiger partial charge in [0.05, 0.1) is 0 Å². The Morgan fingerprint density at radius 3 is 2.38 bits per heavy atom. The van der Waals surface area contributed by atoms with E-state index in [4.69, 9.17) is 0 Å². The maximum Gasteiger partial charge on any atom is 0.387 e. The van der Waals surface area contributed by atoms with Crippen molar-refractivity contribution >= 4 is 5.97 Å². The molecule has 118 valence electrons. The average molecular weight is 302 g/mol. The number of aliphatic carboxylic acids is 1. The second-order valence-corrected chi connectivity index (χ2v) is 5.06. The first-order chi connectivity index (χ1) is 9.75. The number of benzene rings is 1. The van der Waals surface area contributed by atoms with E-state index in [0.29, 0.717) is 18.7 Å². The van der Waals surface area contributed by atoms with Gasteiger partial charge in [-0.05, 0) is 38.7 Å². The van der Waals surface area contributed by atoms with E-state index in [0.717, 1.165) is 0 Å². The summed E-state index contributed by atoms with van der Waals surface area (Å²) in [5, 5.41) is 12.4. The number of hydrogen-bond acceptors (Lipinski definition) is 4. The number of alkyl halides is 2. The van der Waals surface area contributed by atoms with Crippen LogP contribution in [0.4, 0.5) is 8.78 Å². The van der Waals surface area contributed by atoms with Gasteiger partial charge in [-0.1, -0.05) is 12.1 Å². The number of nitrogens with zero attached hydrogens (tertiary/aromatic N) is 1. The first-order valence-electron chi connectivity index (χ1n) is 6.44. The molecular formula is C14H20F2N2O3. The van der Waals surface area contributed by atoms with Crippen LogP contribution < -0.4 is 10.1 Å². The van der Waals surface area contributed by atoms with Crippen molar-refractivity contribution in [2.75, 3.05) is 27.2 Å². The van der Waals surface area contributed by atoms with Gasteiger partial charge in [-0.15, -0.1) is 0 Å². The minimum atomic E-state index is -2.90. The Morgan fingerprint density at radius 2 is 1.95 bits per heavy atom. The highest BCUT2D eigenvalue weighted by Gasteiger charge is 2.34. The quantitative estimate of drug-likeness (QED) is 0.766. The molecule has 0 aliphatic carbocycles. The molecule has 0 amide bonds. The van der Waals surface area contributed by atoms with Gasteiger partial charge in [-0.3, -0.25) is 5.32 Å². The number of likely N-dealkylation sites (N-methyl/N-ethyl adjacent to an activating group) is 1. The summed E-state index contributed by atoms with van der Waals surface area (Å²) < 4.78 is 28.4. The summed E-state index contributed by atoms with van der Waals surface area (Å²) in [5.74, 6) is -1.04. The van der Waals surface area contributed by atoms with Crippen molar-refractivity contribution in [2.24, 2.45) is 0 Å². The molecule has 5 nitrogen and oxygen atoms in total. The summed E-state index contributed by atoms with van der Waals surface area (Å²) in [4.78, 5) is 13.5. The molecule has 0 radical (unpaired) electrons. The largest absolute Gasteiger partial charge is 0.480 e. The van der Waals surface area contributed by atoms with Crippen LogP contribution in [0.2, 0.25) is 0 Å². The van der Waals surface area contributed by atoms with Crippen molar-refractivity contribution in [2.45, 2.75) is 19.1 Å². The third kappa shape index (κ3) is 4.95. The van der Waals surface area contributed by atoms with Crippen LogP contribution in [0.3, 0.4) is 0 Å².